The van der Waals surface area contributed by atoms with Gasteiger partial charge in [0.05, 0.1) is 16.6 Å². The van der Waals surface area contributed by atoms with Crippen LogP contribution in [0.15, 0.2) is 86.0 Å². The number of hydrogen-bond acceptors (Lipinski definition) is 5. The van der Waals surface area contributed by atoms with Gasteiger partial charge in [-0.3, -0.25) is 14.4 Å². The molecule has 45 heavy (non-hydrogen) atoms. The summed E-state index contributed by atoms with van der Waals surface area (Å²) in [5.74, 6) is -1.25. The van der Waals surface area contributed by atoms with Crippen molar-refractivity contribution in [2.45, 2.75) is 74.1 Å². The number of fused-ring (bicyclic) bond motifs is 1. The van der Waals surface area contributed by atoms with Gasteiger partial charge in [0.2, 0.25) is 17.7 Å². The fourth-order valence-electron chi connectivity index (χ4n) is 7.82. The number of carbonyl (C=O) groups excluding carboxylic acids is 3. The minimum atomic E-state index is -0.670. The van der Waals surface area contributed by atoms with E-state index in [0.717, 1.165) is 49.7 Å². The summed E-state index contributed by atoms with van der Waals surface area (Å²) in [5.41, 5.74) is 2.05. The standard InChI is InChI=1S/C37H47N3O4S/c1-4-22-38(26-28-16-10-8-11-17-28)33(42)30-31-34(43)40(24-14-6-7-15-25-41)32(37(31)21-20-36(30,3)45-37)35(44)39(23-5-2)27-29-18-12-9-13-19-29/h4-5,8-13,16-19,30-32,41H,1-2,6-7,14-15,20-27H2,3H3/t30-,31+,32?,36+,37?/m1/s1. The van der Waals surface area contributed by atoms with E-state index in [4.69, 9.17) is 0 Å². The molecule has 3 aliphatic rings. The van der Waals surface area contributed by atoms with Gasteiger partial charge < -0.3 is 19.8 Å². The lowest BCUT2D eigenvalue weighted by atomic mass is 9.66. The third kappa shape index (κ3) is 6.50. The van der Waals surface area contributed by atoms with E-state index in [2.05, 4.69) is 20.1 Å². The minimum absolute atomic E-state index is 0.0306. The first kappa shape index (κ1) is 33.0. The van der Waals surface area contributed by atoms with Crippen molar-refractivity contribution in [3.63, 3.8) is 0 Å². The molecule has 2 bridgehead atoms. The third-order valence-corrected chi connectivity index (χ3v) is 11.8. The van der Waals surface area contributed by atoms with Crippen LogP contribution in [0.1, 0.15) is 56.6 Å². The van der Waals surface area contributed by atoms with E-state index < -0.39 is 27.4 Å². The number of aliphatic hydroxyl groups is 1. The summed E-state index contributed by atoms with van der Waals surface area (Å²) in [4.78, 5) is 49.4. The van der Waals surface area contributed by atoms with E-state index >= 15 is 0 Å². The average Bonchev–Trinajstić information content (AvgIpc) is 3.61. The number of rotatable bonds is 16. The first-order valence-corrected chi connectivity index (χ1v) is 17.1. The Morgan fingerprint density at radius 2 is 1.44 bits per heavy atom. The molecule has 240 valence electrons. The zero-order valence-corrected chi connectivity index (χ0v) is 27.3. The molecule has 7 nitrogen and oxygen atoms in total. The molecule has 0 aliphatic carbocycles. The third-order valence-electron chi connectivity index (χ3n) is 9.84. The summed E-state index contributed by atoms with van der Waals surface area (Å²) in [5, 5.41) is 9.26. The van der Waals surface area contributed by atoms with E-state index in [9.17, 15) is 19.5 Å². The number of amides is 3. The Balaban J connectivity index is 1.49. The zero-order chi connectivity index (χ0) is 32.0. The Morgan fingerprint density at radius 1 is 0.889 bits per heavy atom. The van der Waals surface area contributed by atoms with Crippen LogP contribution in [0, 0.1) is 11.8 Å². The minimum Gasteiger partial charge on any atom is -0.396 e. The van der Waals surface area contributed by atoms with Crippen LogP contribution >= 0.6 is 11.8 Å². The molecule has 1 N–H and O–H groups in total. The summed E-state index contributed by atoms with van der Waals surface area (Å²) < 4.78 is -1.11. The number of hydrogen-bond donors (Lipinski definition) is 1. The molecule has 2 unspecified atom stereocenters. The van der Waals surface area contributed by atoms with Gasteiger partial charge in [-0.05, 0) is 43.7 Å². The van der Waals surface area contributed by atoms with E-state index in [1.165, 1.54) is 0 Å². The van der Waals surface area contributed by atoms with Gasteiger partial charge in [0.15, 0.2) is 0 Å². The van der Waals surface area contributed by atoms with Gasteiger partial charge in [0.25, 0.3) is 0 Å². The Bertz CT molecular complexity index is 1370. The van der Waals surface area contributed by atoms with Gasteiger partial charge in [-0.1, -0.05) is 85.7 Å². The second kappa shape index (κ2) is 14.4. The number of carbonyl (C=O) groups is 3. The highest BCUT2D eigenvalue weighted by molar-refractivity contribution is 8.02. The number of benzene rings is 2. The molecule has 0 aromatic heterocycles. The van der Waals surface area contributed by atoms with Gasteiger partial charge in [-0.15, -0.1) is 24.9 Å². The predicted molar refractivity (Wildman–Crippen MR) is 180 cm³/mol. The largest absolute Gasteiger partial charge is 0.396 e. The summed E-state index contributed by atoms with van der Waals surface area (Å²) in [7, 11) is 0. The summed E-state index contributed by atoms with van der Waals surface area (Å²) in [6, 6.07) is 19.2. The summed E-state index contributed by atoms with van der Waals surface area (Å²) in [6.45, 7) is 12.2. The molecule has 5 rings (SSSR count). The Labute approximate surface area is 272 Å². The number of nitrogens with zero attached hydrogens (tertiary/aromatic N) is 3. The van der Waals surface area contributed by atoms with Crippen LogP contribution in [-0.2, 0) is 27.5 Å². The maximum Gasteiger partial charge on any atom is 0.247 e. The number of thioether (sulfide) groups is 1. The van der Waals surface area contributed by atoms with Crippen molar-refractivity contribution in [3.8, 4) is 0 Å². The van der Waals surface area contributed by atoms with Crippen LogP contribution in [0.5, 0.6) is 0 Å². The lowest BCUT2D eigenvalue weighted by Gasteiger charge is -2.38. The fourth-order valence-corrected chi connectivity index (χ4v) is 10.2. The molecule has 0 radical (unpaired) electrons. The number of likely N-dealkylation sites (tertiary alicyclic amines) is 1. The molecule has 3 fully saturated rings. The molecule has 1 spiro atoms. The molecule has 5 atom stereocenters. The number of aliphatic hydroxyl groups excluding tert-OH is 1. The highest BCUT2D eigenvalue weighted by Crippen LogP contribution is 2.71. The monoisotopic (exact) mass is 629 g/mol. The van der Waals surface area contributed by atoms with Crippen molar-refractivity contribution in [1.29, 1.82) is 0 Å². The molecular weight excluding hydrogens is 582 g/mol. The topological polar surface area (TPSA) is 81.2 Å². The average molecular weight is 630 g/mol. The second-order valence-corrected chi connectivity index (χ2v) is 14.8. The summed E-state index contributed by atoms with van der Waals surface area (Å²) in [6.07, 6.45) is 8.19. The van der Waals surface area contributed by atoms with Crippen LogP contribution in [0.4, 0.5) is 0 Å². The molecule has 3 saturated heterocycles. The smallest absolute Gasteiger partial charge is 0.247 e. The van der Waals surface area contributed by atoms with Crippen molar-refractivity contribution in [1.82, 2.24) is 14.7 Å². The predicted octanol–water partition coefficient (Wildman–Crippen LogP) is 5.45. The first-order valence-electron chi connectivity index (χ1n) is 16.3. The maximum atomic E-state index is 14.7. The lowest BCUT2D eigenvalue weighted by molar-refractivity contribution is -0.146. The molecular formula is C37H47N3O4S. The van der Waals surface area contributed by atoms with Gasteiger partial charge in [0.1, 0.15) is 6.04 Å². The molecule has 3 aliphatic heterocycles. The number of unbranched alkanes of at least 4 members (excludes halogenated alkanes) is 3. The lowest BCUT2D eigenvalue weighted by Crippen LogP contribution is -2.55. The highest BCUT2D eigenvalue weighted by atomic mass is 32.2. The summed E-state index contributed by atoms with van der Waals surface area (Å²) >= 11 is 1.72. The van der Waals surface area contributed by atoms with Crippen LogP contribution in [0.2, 0.25) is 0 Å². The maximum absolute atomic E-state index is 14.7. The van der Waals surface area contributed by atoms with Crippen molar-refractivity contribution in [2.24, 2.45) is 11.8 Å². The highest BCUT2D eigenvalue weighted by Gasteiger charge is 2.77. The van der Waals surface area contributed by atoms with Crippen LogP contribution in [-0.4, -0.2) is 79.3 Å². The fraction of sp³-hybridized carbons (Fsp3) is 0.486. The van der Waals surface area contributed by atoms with Crippen molar-refractivity contribution >= 4 is 29.5 Å². The molecule has 8 heteroatoms. The Hall–Kier alpha value is -3.36. The SMILES string of the molecule is C=CCN(Cc1ccccc1)C(=O)C1N(CCCCCCO)C(=O)[C@@H]2[C@H](C(=O)N(CC=C)Cc3ccccc3)[C@]3(C)CCC12S3. The normalized spacial score (nSPS) is 26.5. The van der Waals surface area contributed by atoms with E-state index in [0.29, 0.717) is 32.7 Å². The van der Waals surface area contributed by atoms with Crippen molar-refractivity contribution in [2.75, 3.05) is 26.2 Å². The van der Waals surface area contributed by atoms with Gasteiger partial charge in [0, 0.05) is 44.1 Å². The molecule has 2 aromatic carbocycles. The Morgan fingerprint density at radius 3 is 2.00 bits per heavy atom. The van der Waals surface area contributed by atoms with Crippen LogP contribution < -0.4 is 0 Å². The zero-order valence-electron chi connectivity index (χ0n) is 26.5. The van der Waals surface area contributed by atoms with E-state index in [-0.39, 0.29) is 24.3 Å². The molecule has 3 amide bonds. The van der Waals surface area contributed by atoms with Crippen LogP contribution in [0.3, 0.4) is 0 Å². The molecule has 2 aromatic rings. The quantitative estimate of drug-likeness (QED) is 0.197. The van der Waals surface area contributed by atoms with Gasteiger partial charge >= 0.3 is 0 Å². The second-order valence-electron chi connectivity index (χ2n) is 12.9. The molecule has 3 heterocycles. The van der Waals surface area contributed by atoms with Crippen molar-refractivity contribution < 1.29 is 19.5 Å². The van der Waals surface area contributed by atoms with Gasteiger partial charge in [-0.25, -0.2) is 0 Å². The van der Waals surface area contributed by atoms with Gasteiger partial charge in [-0.2, -0.15) is 0 Å². The van der Waals surface area contributed by atoms with Crippen LogP contribution in [0.25, 0.3) is 0 Å². The molecule has 0 saturated carbocycles. The van der Waals surface area contributed by atoms with Crippen molar-refractivity contribution in [3.05, 3.63) is 97.1 Å². The first-order chi connectivity index (χ1) is 21.8. The Kier molecular flexibility index (Phi) is 10.6. The van der Waals surface area contributed by atoms with E-state index in [1.807, 2.05) is 75.4 Å². The van der Waals surface area contributed by atoms with E-state index in [1.54, 1.807) is 23.9 Å².